The van der Waals surface area contributed by atoms with Crippen LogP contribution in [0, 0.1) is 0 Å². The van der Waals surface area contributed by atoms with Crippen LogP contribution in [0.1, 0.15) is 44.2 Å². The summed E-state index contributed by atoms with van der Waals surface area (Å²) in [7, 11) is 1.77. The van der Waals surface area contributed by atoms with Crippen molar-refractivity contribution in [1.82, 2.24) is 16.0 Å². The fraction of sp³-hybridized carbons (Fsp3) is 0.579. The van der Waals surface area contributed by atoms with Crippen molar-refractivity contribution < 1.29 is 9.53 Å². The van der Waals surface area contributed by atoms with Crippen molar-refractivity contribution in [1.29, 1.82) is 0 Å². The van der Waals surface area contributed by atoms with E-state index in [2.05, 4.69) is 45.2 Å². The number of alkyl carbamates (subject to hydrolysis) is 1. The number of rotatable bonds is 6. The molecule has 0 bridgehead atoms. The zero-order chi connectivity index (χ0) is 18.3. The summed E-state index contributed by atoms with van der Waals surface area (Å²) in [6.07, 6.45) is 1.55. The number of carbonyl (C=O) groups is 1. The van der Waals surface area contributed by atoms with E-state index < -0.39 is 5.60 Å². The van der Waals surface area contributed by atoms with Crippen LogP contribution in [0.3, 0.4) is 0 Å². The van der Waals surface area contributed by atoms with Crippen LogP contribution in [0.4, 0.5) is 4.79 Å². The number of aliphatic imine (C=N–C) groups is 1. The van der Waals surface area contributed by atoms with Crippen molar-refractivity contribution in [3.05, 3.63) is 35.4 Å². The summed E-state index contributed by atoms with van der Waals surface area (Å²) in [5.41, 5.74) is 2.42. The Hall–Kier alpha value is -1.51. The van der Waals surface area contributed by atoms with E-state index in [1.807, 2.05) is 20.8 Å². The van der Waals surface area contributed by atoms with Gasteiger partial charge in [0, 0.05) is 32.6 Å². The molecular formula is C19H31IN4O2. The first-order chi connectivity index (χ1) is 11.9. The van der Waals surface area contributed by atoms with E-state index in [-0.39, 0.29) is 30.1 Å². The monoisotopic (exact) mass is 474 g/mol. The molecule has 1 atom stereocenters. The maximum atomic E-state index is 11.5. The van der Waals surface area contributed by atoms with Gasteiger partial charge >= 0.3 is 6.09 Å². The fourth-order valence-electron chi connectivity index (χ4n) is 2.79. The third-order valence-corrected chi connectivity index (χ3v) is 4.01. The molecule has 0 aromatic heterocycles. The van der Waals surface area contributed by atoms with E-state index in [1.165, 1.54) is 11.1 Å². The highest BCUT2D eigenvalue weighted by Crippen LogP contribution is 2.33. The van der Waals surface area contributed by atoms with Crippen molar-refractivity contribution in [2.45, 2.75) is 45.1 Å². The molecule has 1 aromatic rings. The van der Waals surface area contributed by atoms with Gasteiger partial charge in [0.15, 0.2) is 5.96 Å². The predicted molar refractivity (Wildman–Crippen MR) is 117 cm³/mol. The molecule has 1 aliphatic carbocycles. The Labute approximate surface area is 173 Å². The van der Waals surface area contributed by atoms with E-state index in [0.29, 0.717) is 12.5 Å². The minimum Gasteiger partial charge on any atom is -0.444 e. The molecule has 0 saturated heterocycles. The van der Waals surface area contributed by atoms with Gasteiger partial charge in [-0.3, -0.25) is 4.99 Å². The van der Waals surface area contributed by atoms with Gasteiger partial charge < -0.3 is 20.7 Å². The molecule has 1 amide bonds. The molecule has 1 unspecified atom stereocenters. The molecule has 0 aliphatic heterocycles. The molecule has 6 nitrogen and oxygen atoms in total. The minimum atomic E-state index is -0.464. The second kappa shape index (κ2) is 10.6. The molecule has 0 saturated carbocycles. The number of ether oxygens (including phenoxy) is 1. The van der Waals surface area contributed by atoms with Crippen LogP contribution >= 0.6 is 24.0 Å². The number of amides is 1. The van der Waals surface area contributed by atoms with Crippen LogP contribution < -0.4 is 16.0 Å². The van der Waals surface area contributed by atoms with Gasteiger partial charge in [-0.05, 0) is 44.7 Å². The van der Waals surface area contributed by atoms with Crippen LogP contribution in [0.25, 0.3) is 0 Å². The van der Waals surface area contributed by atoms with Crippen molar-refractivity contribution >= 4 is 36.0 Å². The number of hydrogen-bond acceptors (Lipinski definition) is 3. The molecule has 146 valence electrons. The van der Waals surface area contributed by atoms with E-state index in [4.69, 9.17) is 4.74 Å². The van der Waals surface area contributed by atoms with Crippen molar-refractivity contribution in [2.75, 3.05) is 26.7 Å². The Morgan fingerprint density at radius 3 is 2.54 bits per heavy atom. The van der Waals surface area contributed by atoms with E-state index in [9.17, 15) is 4.79 Å². The molecule has 1 aliphatic rings. The second-order valence-electron chi connectivity index (χ2n) is 7.26. The Kier molecular flexibility index (Phi) is 9.18. The number of nitrogens with zero attached hydrogens (tertiary/aromatic N) is 1. The first-order valence-corrected chi connectivity index (χ1v) is 8.88. The van der Waals surface area contributed by atoms with Crippen LogP contribution in [0.2, 0.25) is 0 Å². The third-order valence-electron chi connectivity index (χ3n) is 4.01. The number of fused-ring (bicyclic) bond motifs is 1. The van der Waals surface area contributed by atoms with Crippen LogP contribution in [-0.2, 0) is 11.2 Å². The summed E-state index contributed by atoms with van der Waals surface area (Å²) in [6, 6.07) is 8.57. The van der Waals surface area contributed by atoms with Gasteiger partial charge in [0.05, 0.1) is 0 Å². The highest BCUT2D eigenvalue weighted by molar-refractivity contribution is 14.0. The largest absolute Gasteiger partial charge is 0.444 e. The number of benzene rings is 1. The number of carbonyl (C=O) groups excluding carboxylic acids is 1. The van der Waals surface area contributed by atoms with Gasteiger partial charge in [-0.1, -0.05) is 24.3 Å². The number of guanidine groups is 1. The number of hydrogen-bond donors (Lipinski definition) is 3. The van der Waals surface area contributed by atoms with Gasteiger partial charge in [-0.25, -0.2) is 4.79 Å². The first kappa shape index (κ1) is 22.5. The normalized spacial score (nSPS) is 15.8. The summed E-state index contributed by atoms with van der Waals surface area (Å²) < 4.78 is 5.19. The lowest BCUT2D eigenvalue weighted by atomic mass is 9.78. The molecular weight excluding hydrogens is 443 g/mol. The third kappa shape index (κ3) is 7.39. The Balaban J connectivity index is 0.00000338. The summed E-state index contributed by atoms with van der Waals surface area (Å²) in [5, 5.41) is 9.38. The summed E-state index contributed by atoms with van der Waals surface area (Å²) in [5.74, 6) is 1.35. The van der Waals surface area contributed by atoms with Gasteiger partial charge in [-0.15, -0.1) is 24.0 Å². The van der Waals surface area contributed by atoms with Crippen molar-refractivity contribution in [3.8, 4) is 0 Å². The SMILES string of the molecule is CN=C(NCCCNC(=O)OC(C)(C)C)NCC1Cc2ccccc21.I. The zero-order valence-electron chi connectivity index (χ0n) is 16.1. The quantitative estimate of drug-likeness (QED) is 0.257. The predicted octanol–water partition coefficient (Wildman–Crippen LogP) is 3.02. The zero-order valence-corrected chi connectivity index (χ0v) is 18.4. The molecule has 0 spiro atoms. The smallest absolute Gasteiger partial charge is 0.407 e. The summed E-state index contributed by atoms with van der Waals surface area (Å²) in [4.78, 5) is 15.8. The van der Waals surface area contributed by atoms with E-state index >= 15 is 0 Å². The molecule has 26 heavy (non-hydrogen) atoms. The lowest BCUT2D eigenvalue weighted by Gasteiger charge is -2.30. The highest BCUT2D eigenvalue weighted by Gasteiger charge is 2.25. The molecule has 0 radical (unpaired) electrons. The summed E-state index contributed by atoms with van der Waals surface area (Å²) >= 11 is 0. The first-order valence-electron chi connectivity index (χ1n) is 8.88. The average molecular weight is 474 g/mol. The number of nitrogens with one attached hydrogen (secondary N) is 3. The minimum absolute atomic E-state index is 0. The Morgan fingerprint density at radius 1 is 1.19 bits per heavy atom. The molecule has 3 N–H and O–H groups in total. The molecule has 1 aromatic carbocycles. The van der Waals surface area contributed by atoms with Crippen LogP contribution in [0.15, 0.2) is 29.3 Å². The molecule has 2 rings (SSSR count). The Bertz CT molecular complexity index is 614. The summed E-state index contributed by atoms with van der Waals surface area (Å²) in [6.45, 7) is 7.73. The van der Waals surface area contributed by atoms with Crippen molar-refractivity contribution in [2.24, 2.45) is 4.99 Å². The fourth-order valence-corrected chi connectivity index (χ4v) is 2.79. The van der Waals surface area contributed by atoms with E-state index in [1.54, 1.807) is 7.05 Å². The van der Waals surface area contributed by atoms with Crippen LogP contribution in [0.5, 0.6) is 0 Å². The number of halogens is 1. The topological polar surface area (TPSA) is 74.8 Å². The van der Waals surface area contributed by atoms with Gasteiger partial charge in [0.25, 0.3) is 0 Å². The Morgan fingerprint density at radius 2 is 1.88 bits per heavy atom. The van der Waals surface area contributed by atoms with E-state index in [0.717, 1.165) is 31.9 Å². The lowest BCUT2D eigenvalue weighted by Crippen LogP contribution is -2.42. The molecule has 0 heterocycles. The maximum Gasteiger partial charge on any atom is 0.407 e. The van der Waals surface area contributed by atoms with Gasteiger partial charge in [0.1, 0.15) is 5.60 Å². The highest BCUT2D eigenvalue weighted by atomic mass is 127. The second-order valence-corrected chi connectivity index (χ2v) is 7.26. The average Bonchev–Trinajstić information content (AvgIpc) is 2.51. The standard InChI is InChI=1S/C19H30N4O2.HI/c1-19(2,3)25-18(24)22-11-7-10-21-17(20-4)23-13-15-12-14-8-5-6-9-16(14)15;/h5-6,8-9,15H,7,10-13H2,1-4H3,(H,22,24)(H2,20,21,23);1H. The molecule has 0 fully saturated rings. The van der Waals surface area contributed by atoms with Crippen molar-refractivity contribution in [3.63, 3.8) is 0 Å². The van der Waals surface area contributed by atoms with Crippen LogP contribution in [-0.4, -0.2) is 44.3 Å². The molecule has 7 heteroatoms. The van der Waals surface area contributed by atoms with Gasteiger partial charge in [-0.2, -0.15) is 0 Å². The lowest BCUT2D eigenvalue weighted by molar-refractivity contribution is 0.0527. The maximum absolute atomic E-state index is 11.5. The van der Waals surface area contributed by atoms with Gasteiger partial charge in [0.2, 0.25) is 0 Å².